The van der Waals surface area contributed by atoms with Crippen molar-refractivity contribution >= 4 is 59.2 Å². The minimum absolute atomic E-state index is 0.0385. The molecule has 0 saturated heterocycles. The van der Waals surface area contributed by atoms with Gasteiger partial charge in [-0.05, 0) is 48.9 Å². The molecule has 0 amide bonds. The zero-order valence-corrected chi connectivity index (χ0v) is 17.9. The topological polar surface area (TPSA) is 104 Å². The number of thiophene rings is 1. The van der Waals surface area contributed by atoms with Gasteiger partial charge in [-0.25, -0.2) is 17.6 Å². The molecule has 0 aliphatic carbocycles. The van der Waals surface area contributed by atoms with Crippen LogP contribution in [0, 0.1) is 12.7 Å². The highest BCUT2D eigenvalue weighted by Crippen LogP contribution is 2.43. The summed E-state index contributed by atoms with van der Waals surface area (Å²) < 4.78 is 68.6. The molecule has 0 N–H and O–H groups in total. The van der Waals surface area contributed by atoms with E-state index in [-0.39, 0.29) is 21.1 Å². The third-order valence-corrected chi connectivity index (χ3v) is 7.38. The Balaban J connectivity index is 2.30. The Labute approximate surface area is 173 Å². The van der Waals surface area contributed by atoms with E-state index >= 15 is 0 Å². The maximum absolute atomic E-state index is 13.6. The van der Waals surface area contributed by atoms with Gasteiger partial charge in [-0.1, -0.05) is 0 Å². The zero-order chi connectivity index (χ0) is 21.5. The van der Waals surface area contributed by atoms with Crippen molar-refractivity contribution in [2.45, 2.75) is 11.8 Å². The van der Waals surface area contributed by atoms with Crippen LogP contribution in [0.5, 0.6) is 0 Å². The lowest BCUT2D eigenvalue weighted by Crippen LogP contribution is -2.22. The van der Waals surface area contributed by atoms with Crippen molar-refractivity contribution in [3.63, 3.8) is 0 Å². The van der Waals surface area contributed by atoms with Crippen LogP contribution in [0.15, 0.2) is 41.3 Å². The highest BCUT2D eigenvalue weighted by Gasteiger charge is 2.25. The summed E-state index contributed by atoms with van der Waals surface area (Å²) in [6.07, 6.45) is 0.909. The Morgan fingerprint density at radius 1 is 1.24 bits per heavy atom. The summed E-state index contributed by atoms with van der Waals surface area (Å²) in [6, 6.07) is 7.64. The normalized spacial score (nSPS) is 12.7. The number of hydrogen-bond donors (Lipinski definition) is 0. The molecular formula is C18H15FNO6S3-. The van der Waals surface area contributed by atoms with E-state index in [1.165, 1.54) is 30.3 Å². The molecule has 2 aromatic carbocycles. The second kappa shape index (κ2) is 7.82. The number of fused-ring (bicyclic) bond motifs is 1. The average molecular weight is 457 g/mol. The van der Waals surface area contributed by atoms with Gasteiger partial charge in [0.2, 0.25) is 0 Å². The smallest absolute Gasteiger partial charge is 0.337 e. The number of halogens is 1. The van der Waals surface area contributed by atoms with Crippen LogP contribution in [-0.4, -0.2) is 36.5 Å². The zero-order valence-electron chi connectivity index (χ0n) is 15.5. The number of hydrogen-bond acceptors (Lipinski definition) is 7. The van der Waals surface area contributed by atoms with Crippen LogP contribution in [-0.2, 0) is 25.8 Å². The number of methoxy groups -OCH3 is 1. The van der Waals surface area contributed by atoms with Crippen LogP contribution in [0.1, 0.15) is 15.9 Å². The summed E-state index contributed by atoms with van der Waals surface area (Å²) in [6.45, 7) is 1.62. The third kappa shape index (κ3) is 4.04. The number of esters is 1. The van der Waals surface area contributed by atoms with Gasteiger partial charge in [-0.15, -0.1) is 11.3 Å². The molecule has 154 valence electrons. The highest BCUT2D eigenvalue weighted by molar-refractivity contribution is 7.91. The van der Waals surface area contributed by atoms with Crippen molar-refractivity contribution < 1.29 is 31.1 Å². The monoisotopic (exact) mass is 456 g/mol. The molecule has 7 nitrogen and oxygen atoms in total. The fraction of sp³-hybridized carbons (Fsp3) is 0.167. The molecule has 1 atom stereocenters. The molecule has 1 unspecified atom stereocenters. The number of rotatable bonds is 5. The van der Waals surface area contributed by atoms with E-state index in [0.29, 0.717) is 15.6 Å². The number of sulfone groups is 1. The van der Waals surface area contributed by atoms with E-state index in [1.54, 1.807) is 6.92 Å². The van der Waals surface area contributed by atoms with Gasteiger partial charge < -0.3 is 9.29 Å². The molecule has 1 heterocycles. The number of carbonyl (C=O) groups is 1. The Morgan fingerprint density at radius 3 is 2.52 bits per heavy atom. The standard InChI is InChI=1S/C18H16FNO6S3/c1-10-13-9-12(19)5-7-15(13)27-17(10)20(28(22)23)14-6-4-11(18(21)26-2)8-16(14)29(3,24)25/h4-9H,1-3H3,(H,22,23)/p-1. The molecule has 0 spiro atoms. The predicted octanol–water partition coefficient (Wildman–Crippen LogP) is 3.47. The number of anilines is 2. The van der Waals surface area contributed by atoms with E-state index in [0.717, 1.165) is 35.1 Å². The summed E-state index contributed by atoms with van der Waals surface area (Å²) in [5.74, 6) is -1.23. The minimum Gasteiger partial charge on any atom is -0.755 e. The minimum atomic E-state index is -3.91. The Morgan fingerprint density at radius 2 is 1.93 bits per heavy atom. The average Bonchev–Trinajstić information content (AvgIpc) is 2.96. The van der Waals surface area contributed by atoms with E-state index in [2.05, 4.69) is 4.74 Å². The van der Waals surface area contributed by atoms with E-state index in [1.807, 2.05) is 0 Å². The van der Waals surface area contributed by atoms with Crippen LogP contribution >= 0.6 is 11.3 Å². The second-order valence-electron chi connectivity index (χ2n) is 6.13. The summed E-state index contributed by atoms with van der Waals surface area (Å²) >= 11 is -1.81. The van der Waals surface area contributed by atoms with Crippen molar-refractivity contribution in [1.82, 2.24) is 0 Å². The maximum atomic E-state index is 13.6. The Hall–Kier alpha value is -2.34. The molecule has 1 aromatic heterocycles. The number of aryl methyl sites for hydroxylation is 1. The SMILES string of the molecule is COC(=O)c1ccc(N(c2sc3ccc(F)cc3c2C)S(=O)[O-])c(S(C)(=O)=O)c1. The van der Waals surface area contributed by atoms with Gasteiger partial charge in [-0.2, -0.15) is 0 Å². The number of benzene rings is 2. The van der Waals surface area contributed by atoms with Crippen LogP contribution in [0.4, 0.5) is 15.1 Å². The first kappa shape index (κ1) is 21.4. The molecular weight excluding hydrogens is 441 g/mol. The lowest BCUT2D eigenvalue weighted by atomic mass is 10.1. The molecule has 0 radical (unpaired) electrons. The largest absolute Gasteiger partial charge is 0.755 e. The fourth-order valence-electron chi connectivity index (χ4n) is 2.86. The summed E-state index contributed by atoms with van der Waals surface area (Å²) in [5.41, 5.74) is 0.289. The van der Waals surface area contributed by atoms with Crippen molar-refractivity contribution in [2.75, 3.05) is 17.7 Å². The van der Waals surface area contributed by atoms with Crippen LogP contribution < -0.4 is 4.31 Å². The molecule has 0 saturated carbocycles. The van der Waals surface area contributed by atoms with E-state index in [4.69, 9.17) is 0 Å². The van der Waals surface area contributed by atoms with Crippen molar-refractivity contribution in [2.24, 2.45) is 0 Å². The predicted molar refractivity (Wildman–Crippen MR) is 108 cm³/mol. The first-order chi connectivity index (χ1) is 13.5. The van der Waals surface area contributed by atoms with Gasteiger partial charge in [-0.3, -0.25) is 8.51 Å². The van der Waals surface area contributed by atoms with Gasteiger partial charge >= 0.3 is 5.97 Å². The van der Waals surface area contributed by atoms with Gasteiger partial charge in [0.1, 0.15) is 10.8 Å². The van der Waals surface area contributed by atoms with Gasteiger partial charge in [0, 0.05) is 16.3 Å². The van der Waals surface area contributed by atoms with Gasteiger partial charge in [0.25, 0.3) is 0 Å². The maximum Gasteiger partial charge on any atom is 0.337 e. The Bertz CT molecular complexity index is 1250. The van der Waals surface area contributed by atoms with Crippen LogP contribution in [0.3, 0.4) is 0 Å². The molecule has 0 fully saturated rings. The van der Waals surface area contributed by atoms with Crippen molar-refractivity contribution in [3.05, 3.63) is 53.3 Å². The summed E-state index contributed by atoms with van der Waals surface area (Å²) in [7, 11) is -2.76. The van der Waals surface area contributed by atoms with Crippen LogP contribution in [0.25, 0.3) is 10.1 Å². The molecule has 3 rings (SSSR count). The Kier molecular flexibility index (Phi) is 5.77. The first-order valence-corrected chi connectivity index (χ1v) is 11.8. The quantitative estimate of drug-likeness (QED) is 0.430. The number of carbonyl (C=O) groups excluding carboxylic acids is 1. The number of nitrogens with zero attached hydrogens (tertiary/aromatic N) is 1. The molecule has 0 aliphatic rings. The van der Waals surface area contributed by atoms with Crippen LogP contribution in [0.2, 0.25) is 0 Å². The third-order valence-electron chi connectivity index (χ3n) is 4.21. The molecule has 0 bridgehead atoms. The fourth-order valence-corrected chi connectivity index (χ4v) is 5.79. The summed E-state index contributed by atoms with van der Waals surface area (Å²) in [5, 5.41) is 0.738. The van der Waals surface area contributed by atoms with Crippen molar-refractivity contribution in [1.29, 1.82) is 0 Å². The summed E-state index contributed by atoms with van der Waals surface area (Å²) in [4.78, 5) is 11.4. The van der Waals surface area contributed by atoms with E-state index < -0.39 is 32.9 Å². The highest BCUT2D eigenvalue weighted by atomic mass is 32.2. The first-order valence-electron chi connectivity index (χ1n) is 8.05. The molecule has 0 aliphatic heterocycles. The van der Waals surface area contributed by atoms with Gasteiger partial charge in [0.05, 0.1) is 34.5 Å². The number of ether oxygens (including phenoxy) is 1. The molecule has 3 aromatic rings. The molecule has 29 heavy (non-hydrogen) atoms. The van der Waals surface area contributed by atoms with E-state index in [9.17, 15) is 26.4 Å². The lowest BCUT2D eigenvalue weighted by molar-refractivity contribution is 0.0600. The van der Waals surface area contributed by atoms with Gasteiger partial charge in [0.15, 0.2) is 9.84 Å². The lowest BCUT2D eigenvalue weighted by Gasteiger charge is -2.27. The molecule has 11 heteroatoms. The second-order valence-corrected chi connectivity index (χ2v) is 9.94. The van der Waals surface area contributed by atoms with Crippen molar-refractivity contribution in [3.8, 4) is 0 Å².